The molecule has 2 N–H and O–H groups in total. The van der Waals surface area contributed by atoms with Crippen molar-refractivity contribution in [3.05, 3.63) is 29.8 Å². The van der Waals surface area contributed by atoms with Crippen LogP contribution < -0.4 is 0 Å². The Labute approximate surface area is 116 Å². The van der Waals surface area contributed by atoms with Gasteiger partial charge in [0.25, 0.3) is 0 Å². The zero-order chi connectivity index (χ0) is 14.5. The van der Waals surface area contributed by atoms with E-state index < -0.39 is 0 Å². The standard InChI is InChI=1S/C16H26O3/c1-15(2,12-19-10-9-17)11-16(3,4)13-5-7-14(18)8-6-13/h5-8,17-18H,9-12H2,1-4H3. The highest BCUT2D eigenvalue weighted by atomic mass is 16.5. The predicted octanol–water partition coefficient (Wildman–Crippen LogP) is 3.10. The van der Waals surface area contributed by atoms with Gasteiger partial charge in [-0.05, 0) is 34.9 Å². The number of aromatic hydroxyl groups is 1. The van der Waals surface area contributed by atoms with Crippen LogP contribution in [0.25, 0.3) is 0 Å². The lowest BCUT2D eigenvalue weighted by molar-refractivity contribution is 0.0280. The summed E-state index contributed by atoms with van der Waals surface area (Å²) in [6, 6.07) is 7.40. The summed E-state index contributed by atoms with van der Waals surface area (Å²) >= 11 is 0. The minimum atomic E-state index is 0.0137. The fraction of sp³-hybridized carbons (Fsp3) is 0.625. The van der Waals surface area contributed by atoms with Gasteiger partial charge in [0.05, 0.1) is 19.8 Å². The molecule has 1 aromatic rings. The second kappa shape index (κ2) is 6.40. The molecular formula is C16H26O3. The highest BCUT2D eigenvalue weighted by Crippen LogP contribution is 2.37. The quantitative estimate of drug-likeness (QED) is 0.746. The van der Waals surface area contributed by atoms with E-state index in [1.807, 2.05) is 12.1 Å². The van der Waals surface area contributed by atoms with Crippen molar-refractivity contribution in [3.8, 4) is 5.75 Å². The van der Waals surface area contributed by atoms with E-state index in [0.717, 1.165) is 6.42 Å². The number of aliphatic hydroxyl groups is 1. The fourth-order valence-corrected chi connectivity index (χ4v) is 2.68. The molecule has 0 unspecified atom stereocenters. The summed E-state index contributed by atoms with van der Waals surface area (Å²) in [5, 5.41) is 18.1. The van der Waals surface area contributed by atoms with Crippen LogP contribution in [0, 0.1) is 5.41 Å². The first-order valence-corrected chi connectivity index (χ1v) is 6.75. The normalized spacial score (nSPS) is 12.7. The number of phenols is 1. The molecule has 108 valence electrons. The van der Waals surface area contributed by atoms with E-state index in [1.165, 1.54) is 5.56 Å². The summed E-state index contributed by atoms with van der Waals surface area (Å²) in [7, 11) is 0. The van der Waals surface area contributed by atoms with Crippen LogP contribution in [0.3, 0.4) is 0 Å². The first-order chi connectivity index (χ1) is 8.77. The lowest BCUT2D eigenvalue weighted by atomic mass is 9.72. The third kappa shape index (κ3) is 5.21. The minimum absolute atomic E-state index is 0.0137. The molecule has 0 amide bonds. The first kappa shape index (κ1) is 16.0. The van der Waals surface area contributed by atoms with Crippen molar-refractivity contribution in [2.75, 3.05) is 19.8 Å². The van der Waals surface area contributed by atoms with Gasteiger partial charge in [0.15, 0.2) is 0 Å². The molecular weight excluding hydrogens is 240 g/mol. The summed E-state index contributed by atoms with van der Waals surface area (Å²) in [5.41, 5.74) is 1.26. The molecule has 3 heteroatoms. The third-order valence-corrected chi connectivity index (χ3v) is 3.30. The Hall–Kier alpha value is -1.06. The molecule has 0 saturated heterocycles. The third-order valence-electron chi connectivity index (χ3n) is 3.30. The molecule has 0 aliphatic rings. The van der Waals surface area contributed by atoms with Gasteiger partial charge in [0.2, 0.25) is 0 Å². The molecule has 0 aliphatic carbocycles. The van der Waals surface area contributed by atoms with Gasteiger partial charge < -0.3 is 14.9 Å². The molecule has 0 fully saturated rings. The van der Waals surface area contributed by atoms with E-state index in [0.29, 0.717) is 19.0 Å². The van der Waals surface area contributed by atoms with Crippen molar-refractivity contribution >= 4 is 0 Å². The zero-order valence-corrected chi connectivity index (χ0v) is 12.4. The predicted molar refractivity (Wildman–Crippen MR) is 77.4 cm³/mol. The lowest BCUT2D eigenvalue weighted by Gasteiger charge is -2.35. The van der Waals surface area contributed by atoms with Crippen molar-refractivity contribution in [2.45, 2.75) is 39.5 Å². The lowest BCUT2D eigenvalue weighted by Crippen LogP contribution is -2.30. The highest BCUT2D eigenvalue weighted by molar-refractivity contribution is 5.30. The van der Waals surface area contributed by atoms with Gasteiger partial charge in [0.1, 0.15) is 5.75 Å². The molecule has 0 radical (unpaired) electrons. The van der Waals surface area contributed by atoms with Gasteiger partial charge in [-0.2, -0.15) is 0 Å². The Morgan fingerprint density at radius 2 is 1.63 bits per heavy atom. The maximum atomic E-state index is 9.35. The van der Waals surface area contributed by atoms with E-state index in [2.05, 4.69) is 27.7 Å². The number of ether oxygens (including phenoxy) is 1. The van der Waals surface area contributed by atoms with Crippen LogP contribution in [0.5, 0.6) is 5.75 Å². The summed E-state index contributed by atoms with van der Waals surface area (Å²) in [6.45, 7) is 9.84. The van der Waals surface area contributed by atoms with Crippen LogP contribution >= 0.6 is 0 Å². The maximum Gasteiger partial charge on any atom is 0.115 e. The second-order valence-electron chi connectivity index (χ2n) is 6.55. The molecule has 0 aromatic heterocycles. The molecule has 0 heterocycles. The van der Waals surface area contributed by atoms with Gasteiger partial charge in [-0.1, -0.05) is 39.8 Å². The number of aliphatic hydroxyl groups excluding tert-OH is 1. The Balaban J connectivity index is 2.69. The molecule has 19 heavy (non-hydrogen) atoms. The van der Waals surface area contributed by atoms with Gasteiger partial charge in [0, 0.05) is 0 Å². The number of benzene rings is 1. The summed E-state index contributed by atoms with van der Waals surface area (Å²) < 4.78 is 5.46. The van der Waals surface area contributed by atoms with Crippen LogP contribution in [0.4, 0.5) is 0 Å². The van der Waals surface area contributed by atoms with E-state index in [4.69, 9.17) is 9.84 Å². The van der Waals surface area contributed by atoms with E-state index in [1.54, 1.807) is 12.1 Å². The van der Waals surface area contributed by atoms with Crippen LogP contribution in [-0.2, 0) is 10.2 Å². The molecule has 0 bridgehead atoms. The number of hydrogen-bond donors (Lipinski definition) is 2. The average molecular weight is 266 g/mol. The van der Waals surface area contributed by atoms with Gasteiger partial charge in [-0.15, -0.1) is 0 Å². The monoisotopic (exact) mass is 266 g/mol. The SMILES string of the molecule is CC(C)(COCCO)CC(C)(C)c1ccc(O)cc1. The molecule has 1 aromatic carbocycles. The van der Waals surface area contributed by atoms with Crippen molar-refractivity contribution in [1.82, 2.24) is 0 Å². The van der Waals surface area contributed by atoms with Crippen LogP contribution in [0.2, 0.25) is 0 Å². The zero-order valence-electron chi connectivity index (χ0n) is 12.4. The topological polar surface area (TPSA) is 49.7 Å². The van der Waals surface area contributed by atoms with Crippen molar-refractivity contribution in [3.63, 3.8) is 0 Å². The van der Waals surface area contributed by atoms with Crippen LogP contribution in [0.15, 0.2) is 24.3 Å². The molecule has 3 nitrogen and oxygen atoms in total. The molecule has 1 rings (SSSR count). The van der Waals surface area contributed by atoms with Gasteiger partial charge in [-0.25, -0.2) is 0 Å². The highest BCUT2D eigenvalue weighted by Gasteiger charge is 2.30. The van der Waals surface area contributed by atoms with E-state index >= 15 is 0 Å². The Bertz CT molecular complexity index is 379. The summed E-state index contributed by atoms with van der Waals surface area (Å²) in [6.07, 6.45) is 0.968. The van der Waals surface area contributed by atoms with Gasteiger partial charge in [-0.3, -0.25) is 0 Å². The second-order valence-corrected chi connectivity index (χ2v) is 6.55. The molecule has 0 saturated carbocycles. The van der Waals surface area contributed by atoms with Crippen molar-refractivity contribution in [1.29, 1.82) is 0 Å². The fourth-order valence-electron chi connectivity index (χ4n) is 2.68. The number of rotatable bonds is 7. The smallest absolute Gasteiger partial charge is 0.115 e. The maximum absolute atomic E-state index is 9.35. The van der Waals surface area contributed by atoms with Gasteiger partial charge >= 0.3 is 0 Å². The summed E-state index contributed by atoms with van der Waals surface area (Å²) in [5.74, 6) is 0.296. The minimum Gasteiger partial charge on any atom is -0.508 e. The Morgan fingerprint density at radius 3 is 2.16 bits per heavy atom. The van der Waals surface area contributed by atoms with Crippen LogP contribution in [-0.4, -0.2) is 30.0 Å². The Morgan fingerprint density at radius 1 is 1.05 bits per heavy atom. The first-order valence-electron chi connectivity index (χ1n) is 6.75. The Kier molecular flexibility index (Phi) is 5.39. The van der Waals surface area contributed by atoms with Crippen LogP contribution in [0.1, 0.15) is 39.7 Å². The van der Waals surface area contributed by atoms with Crippen molar-refractivity contribution in [2.24, 2.45) is 5.41 Å². The molecule has 0 atom stereocenters. The molecule has 0 spiro atoms. The van der Waals surface area contributed by atoms with E-state index in [-0.39, 0.29) is 17.4 Å². The van der Waals surface area contributed by atoms with E-state index in [9.17, 15) is 5.11 Å². The number of phenolic OH excluding ortho intramolecular Hbond substituents is 1. The molecule has 0 aliphatic heterocycles. The van der Waals surface area contributed by atoms with Crippen molar-refractivity contribution < 1.29 is 14.9 Å². The summed E-state index contributed by atoms with van der Waals surface area (Å²) in [4.78, 5) is 0. The average Bonchev–Trinajstić information content (AvgIpc) is 2.28. The largest absolute Gasteiger partial charge is 0.508 e. The number of hydrogen-bond acceptors (Lipinski definition) is 3.